The zero-order chi connectivity index (χ0) is 15.8. The van der Waals surface area contributed by atoms with Gasteiger partial charge in [0.15, 0.2) is 5.65 Å². The van der Waals surface area contributed by atoms with Crippen LogP contribution in [0.4, 0.5) is 5.95 Å². The number of imidazole rings is 1. The molecule has 0 spiro atoms. The maximum absolute atomic E-state index is 5.70. The molecular weight excluding hydrogens is 292 g/mol. The molecule has 1 fully saturated rings. The Morgan fingerprint density at radius 2 is 2.04 bits per heavy atom. The van der Waals surface area contributed by atoms with Gasteiger partial charge in [-0.15, -0.1) is 0 Å². The maximum atomic E-state index is 5.70. The first-order chi connectivity index (χ1) is 11.3. The lowest BCUT2D eigenvalue weighted by Crippen LogP contribution is -2.50. The van der Waals surface area contributed by atoms with Crippen molar-refractivity contribution in [1.82, 2.24) is 19.9 Å². The number of aromatic amines is 1. The van der Waals surface area contributed by atoms with Crippen LogP contribution in [-0.2, 0) is 0 Å². The van der Waals surface area contributed by atoms with Crippen LogP contribution in [0.1, 0.15) is 0 Å². The van der Waals surface area contributed by atoms with E-state index in [-0.39, 0.29) is 0 Å². The number of nitrogens with one attached hydrogen (secondary N) is 1. The third kappa shape index (κ3) is 2.39. The predicted molar refractivity (Wildman–Crippen MR) is 88.4 cm³/mol. The summed E-state index contributed by atoms with van der Waals surface area (Å²) < 4.78 is 5.22. The number of methoxy groups -OCH3 is 1. The molecule has 7 heteroatoms. The molecule has 3 heterocycles. The molecule has 1 aromatic carbocycles. The SMILES string of the molecule is COc1ccc(-c2nc(N3CC(CN)C3)nc3nc[nH]c23)cc1. The van der Waals surface area contributed by atoms with Crippen molar-refractivity contribution in [2.75, 3.05) is 31.6 Å². The van der Waals surface area contributed by atoms with Gasteiger partial charge in [0.2, 0.25) is 5.95 Å². The van der Waals surface area contributed by atoms with Crippen molar-refractivity contribution in [2.24, 2.45) is 11.7 Å². The fraction of sp³-hybridized carbons (Fsp3) is 0.312. The van der Waals surface area contributed by atoms with Gasteiger partial charge < -0.3 is 20.4 Å². The van der Waals surface area contributed by atoms with Gasteiger partial charge in [0.25, 0.3) is 0 Å². The summed E-state index contributed by atoms with van der Waals surface area (Å²) >= 11 is 0. The van der Waals surface area contributed by atoms with Crippen LogP contribution in [0.3, 0.4) is 0 Å². The molecule has 1 saturated heterocycles. The highest BCUT2D eigenvalue weighted by Crippen LogP contribution is 2.29. The lowest BCUT2D eigenvalue weighted by atomic mass is 10.0. The predicted octanol–water partition coefficient (Wildman–Crippen LogP) is 1.42. The molecule has 0 saturated carbocycles. The van der Waals surface area contributed by atoms with Crippen molar-refractivity contribution in [2.45, 2.75) is 0 Å². The minimum atomic E-state index is 0.526. The van der Waals surface area contributed by atoms with Gasteiger partial charge in [0.05, 0.1) is 13.4 Å². The van der Waals surface area contributed by atoms with E-state index in [9.17, 15) is 0 Å². The van der Waals surface area contributed by atoms with E-state index in [0.717, 1.165) is 35.6 Å². The molecule has 0 aliphatic carbocycles. The summed E-state index contributed by atoms with van der Waals surface area (Å²) in [6, 6.07) is 7.83. The maximum Gasteiger partial charge on any atom is 0.228 e. The van der Waals surface area contributed by atoms with E-state index in [0.29, 0.717) is 24.1 Å². The number of nitrogens with two attached hydrogens (primary N) is 1. The zero-order valence-corrected chi connectivity index (χ0v) is 12.9. The smallest absolute Gasteiger partial charge is 0.228 e. The number of anilines is 1. The normalized spacial score (nSPS) is 15.0. The van der Waals surface area contributed by atoms with E-state index in [1.165, 1.54) is 0 Å². The molecule has 1 aliphatic heterocycles. The van der Waals surface area contributed by atoms with Crippen LogP contribution >= 0.6 is 0 Å². The van der Waals surface area contributed by atoms with Crippen LogP contribution < -0.4 is 15.4 Å². The van der Waals surface area contributed by atoms with Crippen molar-refractivity contribution in [3.63, 3.8) is 0 Å². The number of H-pyrrole nitrogens is 1. The highest BCUT2D eigenvalue weighted by molar-refractivity contribution is 5.88. The quantitative estimate of drug-likeness (QED) is 0.757. The number of rotatable bonds is 4. The van der Waals surface area contributed by atoms with Gasteiger partial charge in [0, 0.05) is 24.6 Å². The molecule has 3 N–H and O–H groups in total. The van der Waals surface area contributed by atoms with Crippen LogP contribution in [-0.4, -0.2) is 46.7 Å². The Kier molecular flexibility index (Phi) is 3.34. The van der Waals surface area contributed by atoms with Crippen molar-refractivity contribution >= 4 is 17.1 Å². The molecule has 118 valence electrons. The van der Waals surface area contributed by atoms with Crippen molar-refractivity contribution in [3.8, 4) is 17.0 Å². The summed E-state index contributed by atoms with van der Waals surface area (Å²) in [5.74, 6) is 2.05. The van der Waals surface area contributed by atoms with Crippen LogP contribution in [0.25, 0.3) is 22.4 Å². The van der Waals surface area contributed by atoms with Crippen LogP contribution in [0.5, 0.6) is 5.75 Å². The lowest BCUT2D eigenvalue weighted by Gasteiger charge is -2.38. The monoisotopic (exact) mass is 310 g/mol. The number of ether oxygens (including phenoxy) is 1. The standard InChI is InChI=1S/C16H18N6O/c1-23-12-4-2-11(3-5-12)13-14-15(19-9-18-14)21-16(20-13)22-7-10(6-17)8-22/h2-5,9-10H,6-8,17H2,1H3,(H,18,19,20,21). The van der Waals surface area contributed by atoms with Crippen molar-refractivity contribution in [1.29, 1.82) is 0 Å². The number of hydrogen-bond acceptors (Lipinski definition) is 6. The summed E-state index contributed by atoms with van der Waals surface area (Å²) in [6.45, 7) is 2.50. The molecule has 23 heavy (non-hydrogen) atoms. The first kappa shape index (κ1) is 14.0. The first-order valence-corrected chi connectivity index (χ1v) is 7.59. The minimum absolute atomic E-state index is 0.526. The van der Waals surface area contributed by atoms with E-state index in [4.69, 9.17) is 15.5 Å². The summed E-state index contributed by atoms with van der Waals surface area (Å²) in [6.07, 6.45) is 1.65. The number of nitrogens with zero attached hydrogens (tertiary/aromatic N) is 4. The molecule has 0 amide bonds. The second-order valence-corrected chi connectivity index (χ2v) is 5.71. The molecule has 0 atom stereocenters. The van der Waals surface area contributed by atoms with E-state index >= 15 is 0 Å². The van der Waals surface area contributed by atoms with E-state index in [1.54, 1.807) is 13.4 Å². The summed E-state index contributed by atoms with van der Waals surface area (Å²) in [5.41, 5.74) is 9.07. The van der Waals surface area contributed by atoms with Gasteiger partial charge in [-0.2, -0.15) is 4.98 Å². The molecule has 7 nitrogen and oxygen atoms in total. The number of fused-ring (bicyclic) bond motifs is 1. The Labute approximate surface area is 133 Å². The van der Waals surface area contributed by atoms with Gasteiger partial charge in [-0.1, -0.05) is 0 Å². The number of benzene rings is 1. The Morgan fingerprint density at radius 3 is 2.74 bits per heavy atom. The molecule has 4 rings (SSSR count). The van der Waals surface area contributed by atoms with Gasteiger partial charge >= 0.3 is 0 Å². The summed E-state index contributed by atoms with van der Waals surface area (Å²) in [4.78, 5) is 18.9. The van der Waals surface area contributed by atoms with E-state index in [2.05, 4.69) is 19.9 Å². The third-order valence-electron chi connectivity index (χ3n) is 4.21. The lowest BCUT2D eigenvalue weighted by molar-refractivity contribution is 0.413. The molecule has 1 aliphatic rings. The highest BCUT2D eigenvalue weighted by Gasteiger charge is 2.28. The largest absolute Gasteiger partial charge is 0.497 e. The second kappa shape index (κ2) is 5.51. The molecular formula is C16H18N6O. The topological polar surface area (TPSA) is 92.9 Å². The van der Waals surface area contributed by atoms with Gasteiger partial charge in [-0.05, 0) is 30.8 Å². The van der Waals surface area contributed by atoms with E-state index < -0.39 is 0 Å². The highest BCUT2D eigenvalue weighted by atomic mass is 16.5. The Morgan fingerprint density at radius 1 is 1.26 bits per heavy atom. The molecule has 3 aromatic rings. The Balaban J connectivity index is 1.76. The molecule has 0 unspecified atom stereocenters. The van der Waals surface area contributed by atoms with Crippen LogP contribution in [0, 0.1) is 5.92 Å². The third-order valence-corrected chi connectivity index (χ3v) is 4.21. The van der Waals surface area contributed by atoms with Crippen molar-refractivity contribution in [3.05, 3.63) is 30.6 Å². The fourth-order valence-corrected chi connectivity index (χ4v) is 2.80. The van der Waals surface area contributed by atoms with Crippen LogP contribution in [0.15, 0.2) is 30.6 Å². The van der Waals surface area contributed by atoms with Gasteiger partial charge in [-0.3, -0.25) is 0 Å². The Hall–Kier alpha value is -2.67. The minimum Gasteiger partial charge on any atom is -0.497 e. The zero-order valence-electron chi connectivity index (χ0n) is 12.9. The van der Waals surface area contributed by atoms with Crippen LogP contribution in [0.2, 0.25) is 0 Å². The molecule has 0 radical (unpaired) electrons. The Bertz CT molecular complexity index is 822. The summed E-state index contributed by atoms with van der Waals surface area (Å²) in [5, 5.41) is 0. The summed E-state index contributed by atoms with van der Waals surface area (Å²) in [7, 11) is 1.66. The average molecular weight is 310 g/mol. The average Bonchev–Trinajstić information content (AvgIpc) is 3.02. The fourth-order valence-electron chi connectivity index (χ4n) is 2.80. The van der Waals surface area contributed by atoms with Gasteiger partial charge in [-0.25, -0.2) is 9.97 Å². The van der Waals surface area contributed by atoms with E-state index in [1.807, 2.05) is 24.3 Å². The first-order valence-electron chi connectivity index (χ1n) is 7.59. The number of aromatic nitrogens is 4. The van der Waals surface area contributed by atoms with Gasteiger partial charge in [0.1, 0.15) is 17.0 Å². The molecule has 0 bridgehead atoms. The second-order valence-electron chi connectivity index (χ2n) is 5.71. The van der Waals surface area contributed by atoms with Crippen molar-refractivity contribution < 1.29 is 4.74 Å². The number of hydrogen-bond donors (Lipinski definition) is 2. The molecule has 2 aromatic heterocycles.